The van der Waals surface area contributed by atoms with Crippen LogP contribution in [0.3, 0.4) is 0 Å². The maximum absolute atomic E-state index is 14.4. The van der Waals surface area contributed by atoms with Crippen molar-refractivity contribution in [2.75, 3.05) is 13.2 Å². The molecule has 1 atom stereocenters. The summed E-state index contributed by atoms with van der Waals surface area (Å²) in [6.45, 7) is -0.246. The van der Waals surface area contributed by atoms with Crippen LogP contribution in [0.15, 0.2) is 47.4 Å². The third-order valence-corrected chi connectivity index (χ3v) is 7.06. The van der Waals surface area contributed by atoms with Crippen molar-refractivity contribution in [3.63, 3.8) is 0 Å². The minimum Gasteiger partial charge on any atom is -0.433 e. The molecule has 11 heteroatoms. The SMILES string of the molecule is O=C(OCC[C@@H](c1cc(F)ccc1F)S(=O)(=O)c1ccc(Cl)cc1)ON1CCCC1=O. The molecule has 0 spiro atoms. The summed E-state index contributed by atoms with van der Waals surface area (Å²) in [5.74, 6) is -2.11. The monoisotopic (exact) mass is 473 g/mol. The lowest BCUT2D eigenvalue weighted by Gasteiger charge is -2.20. The number of hydroxylamine groups is 2. The Labute approximate surface area is 182 Å². The van der Waals surface area contributed by atoms with Crippen molar-refractivity contribution in [2.24, 2.45) is 0 Å². The second-order valence-electron chi connectivity index (χ2n) is 6.73. The van der Waals surface area contributed by atoms with E-state index in [-0.39, 0.29) is 30.2 Å². The molecule has 31 heavy (non-hydrogen) atoms. The van der Waals surface area contributed by atoms with E-state index >= 15 is 0 Å². The van der Waals surface area contributed by atoms with Gasteiger partial charge in [0.2, 0.25) is 0 Å². The summed E-state index contributed by atoms with van der Waals surface area (Å²) < 4.78 is 59.3. The molecule has 0 N–H and O–H groups in total. The summed E-state index contributed by atoms with van der Waals surface area (Å²) in [5, 5.41) is -0.392. The third kappa shape index (κ3) is 5.50. The van der Waals surface area contributed by atoms with Crippen molar-refractivity contribution in [1.29, 1.82) is 0 Å². The third-order valence-electron chi connectivity index (χ3n) is 4.64. The van der Waals surface area contributed by atoms with Crippen LogP contribution in [0.2, 0.25) is 5.02 Å². The van der Waals surface area contributed by atoms with E-state index in [0.29, 0.717) is 11.4 Å². The molecule has 3 rings (SSSR count). The van der Waals surface area contributed by atoms with Crippen LogP contribution in [0, 0.1) is 11.6 Å². The van der Waals surface area contributed by atoms with Gasteiger partial charge in [-0.25, -0.2) is 22.0 Å². The van der Waals surface area contributed by atoms with Gasteiger partial charge in [-0.2, -0.15) is 5.06 Å². The number of carbonyl (C=O) groups excluding carboxylic acids is 2. The predicted molar refractivity (Wildman–Crippen MR) is 106 cm³/mol. The molecule has 2 aromatic carbocycles. The van der Waals surface area contributed by atoms with Crippen LogP contribution in [-0.2, 0) is 24.2 Å². The van der Waals surface area contributed by atoms with Crippen LogP contribution in [0.4, 0.5) is 13.6 Å². The first-order valence-corrected chi connectivity index (χ1v) is 11.2. The molecule has 1 aliphatic heterocycles. The number of halogens is 3. The second-order valence-corrected chi connectivity index (χ2v) is 9.30. The van der Waals surface area contributed by atoms with Gasteiger partial charge in [0.25, 0.3) is 5.91 Å². The Morgan fingerprint density at radius 1 is 1.16 bits per heavy atom. The van der Waals surface area contributed by atoms with E-state index in [1.807, 2.05) is 0 Å². The Hall–Kier alpha value is -2.72. The maximum Gasteiger partial charge on any atom is 0.533 e. The highest BCUT2D eigenvalue weighted by molar-refractivity contribution is 7.91. The molecule has 0 saturated carbocycles. The topological polar surface area (TPSA) is 90.0 Å². The smallest absolute Gasteiger partial charge is 0.433 e. The lowest BCUT2D eigenvalue weighted by atomic mass is 10.1. The zero-order valence-corrected chi connectivity index (χ0v) is 17.7. The van der Waals surface area contributed by atoms with Crippen molar-refractivity contribution in [3.8, 4) is 0 Å². The maximum atomic E-state index is 14.4. The van der Waals surface area contributed by atoms with Crippen molar-refractivity contribution >= 4 is 33.5 Å². The van der Waals surface area contributed by atoms with Gasteiger partial charge in [0.1, 0.15) is 11.6 Å². The molecule has 7 nitrogen and oxygen atoms in total. The van der Waals surface area contributed by atoms with Crippen LogP contribution in [0.1, 0.15) is 30.1 Å². The van der Waals surface area contributed by atoms with Crippen LogP contribution in [-0.4, -0.2) is 38.7 Å². The standard InChI is InChI=1S/C20H18ClF2NO6S/c21-13-3-6-15(7-4-13)31(27,28)18(16-12-14(22)5-8-17(16)23)9-11-29-20(26)30-24-10-1-2-19(24)25/h3-8,12,18H,1-2,9-11H2/t18-/m0/s1. The van der Waals surface area contributed by atoms with Crippen LogP contribution >= 0.6 is 11.6 Å². The van der Waals surface area contributed by atoms with Crippen LogP contribution < -0.4 is 0 Å². The number of benzene rings is 2. The number of hydrogen-bond acceptors (Lipinski definition) is 6. The number of sulfone groups is 1. The Morgan fingerprint density at radius 2 is 1.87 bits per heavy atom. The lowest BCUT2D eigenvalue weighted by molar-refractivity contribution is -0.164. The fourth-order valence-electron chi connectivity index (χ4n) is 3.11. The number of ether oxygens (including phenoxy) is 1. The van der Waals surface area contributed by atoms with E-state index in [1.54, 1.807) is 0 Å². The minimum atomic E-state index is -4.20. The minimum absolute atomic E-state index is 0.157. The quantitative estimate of drug-likeness (QED) is 0.559. The van der Waals surface area contributed by atoms with Gasteiger partial charge in [0.15, 0.2) is 9.84 Å². The first-order chi connectivity index (χ1) is 14.7. The second kappa shape index (κ2) is 9.61. The van der Waals surface area contributed by atoms with Crippen molar-refractivity contribution in [1.82, 2.24) is 5.06 Å². The number of nitrogens with zero attached hydrogens (tertiary/aromatic N) is 1. The normalized spacial score (nSPS) is 15.1. The van der Waals surface area contributed by atoms with E-state index < -0.39 is 45.0 Å². The summed E-state index contributed by atoms with van der Waals surface area (Å²) >= 11 is 5.80. The van der Waals surface area contributed by atoms with E-state index in [4.69, 9.17) is 21.2 Å². The highest BCUT2D eigenvalue weighted by Crippen LogP contribution is 2.34. The van der Waals surface area contributed by atoms with Crippen LogP contribution in [0.5, 0.6) is 0 Å². The molecule has 0 bridgehead atoms. The van der Waals surface area contributed by atoms with Crippen molar-refractivity contribution in [3.05, 3.63) is 64.7 Å². The van der Waals surface area contributed by atoms with Crippen molar-refractivity contribution < 1.29 is 36.4 Å². The number of rotatable bonds is 7. The summed E-state index contributed by atoms with van der Waals surface area (Å²) in [5.41, 5.74) is -0.401. The highest BCUT2D eigenvalue weighted by Gasteiger charge is 2.32. The van der Waals surface area contributed by atoms with Gasteiger partial charge in [-0.1, -0.05) is 11.6 Å². The van der Waals surface area contributed by atoms with Crippen LogP contribution in [0.25, 0.3) is 0 Å². The Morgan fingerprint density at radius 3 is 2.52 bits per heavy atom. The summed E-state index contributed by atoms with van der Waals surface area (Å²) in [4.78, 5) is 27.9. The fourth-order valence-corrected chi connectivity index (χ4v) is 5.00. The van der Waals surface area contributed by atoms with E-state index in [0.717, 1.165) is 23.3 Å². The fraction of sp³-hybridized carbons (Fsp3) is 0.300. The molecule has 1 amide bonds. The Bertz CT molecular complexity index is 1080. The molecule has 2 aromatic rings. The molecule has 1 heterocycles. The zero-order chi connectivity index (χ0) is 22.6. The molecule has 0 aromatic heterocycles. The Kier molecular flexibility index (Phi) is 7.11. The summed E-state index contributed by atoms with van der Waals surface area (Å²) in [7, 11) is -4.20. The zero-order valence-electron chi connectivity index (χ0n) is 16.1. The molecule has 0 radical (unpaired) electrons. The molecule has 0 aliphatic carbocycles. The molecule has 1 saturated heterocycles. The van der Waals surface area contributed by atoms with Gasteiger partial charge >= 0.3 is 6.16 Å². The molecule has 0 unspecified atom stereocenters. The predicted octanol–water partition coefficient (Wildman–Crippen LogP) is 4.21. The molecular formula is C20H18ClF2NO6S. The molecule has 1 fully saturated rings. The first kappa shape index (κ1) is 23.0. The van der Waals surface area contributed by atoms with E-state index in [9.17, 15) is 26.8 Å². The number of amides is 1. The average Bonchev–Trinajstić information content (AvgIpc) is 3.12. The van der Waals surface area contributed by atoms with Gasteiger partial charge in [0.05, 0.1) is 23.3 Å². The molecular weight excluding hydrogens is 456 g/mol. The number of hydrogen-bond donors (Lipinski definition) is 0. The van der Waals surface area contributed by atoms with Gasteiger partial charge in [-0.05, 0) is 48.9 Å². The Balaban J connectivity index is 1.79. The van der Waals surface area contributed by atoms with Crippen molar-refractivity contribution in [2.45, 2.75) is 29.4 Å². The van der Waals surface area contributed by atoms with E-state index in [1.165, 1.54) is 24.3 Å². The summed E-state index contributed by atoms with van der Waals surface area (Å²) in [6, 6.07) is 7.68. The van der Waals surface area contributed by atoms with Gasteiger partial charge in [0, 0.05) is 23.4 Å². The van der Waals surface area contributed by atoms with Gasteiger partial charge in [-0.3, -0.25) is 4.79 Å². The largest absolute Gasteiger partial charge is 0.533 e. The highest BCUT2D eigenvalue weighted by atomic mass is 35.5. The van der Waals surface area contributed by atoms with Gasteiger partial charge < -0.3 is 9.57 Å². The van der Waals surface area contributed by atoms with Gasteiger partial charge in [-0.15, -0.1) is 0 Å². The first-order valence-electron chi connectivity index (χ1n) is 9.28. The summed E-state index contributed by atoms with van der Waals surface area (Å²) in [6.07, 6.45) is -0.800. The molecule has 1 aliphatic rings. The number of carbonyl (C=O) groups is 2. The molecule has 166 valence electrons. The lowest BCUT2D eigenvalue weighted by Crippen LogP contribution is -2.29. The van der Waals surface area contributed by atoms with E-state index in [2.05, 4.69) is 0 Å². The average molecular weight is 474 g/mol.